The summed E-state index contributed by atoms with van der Waals surface area (Å²) in [5.74, 6) is -1.19. The number of carbonyl (C=O) groups is 1. The molecule has 0 radical (unpaired) electrons. The van der Waals surface area contributed by atoms with E-state index in [-0.39, 0.29) is 6.61 Å². The average Bonchev–Trinajstić information content (AvgIpc) is 3.10. The third kappa shape index (κ3) is 4.81. The zero-order valence-corrected chi connectivity index (χ0v) is 15.2. The maximum atomic E-state index is 12.6. The lowest BCUT2D eigenvalue weighted by atomic mass is 10.1. The first-order chi connectivity index (χ1) is 12.1. The number of benzene rings is 1. The third-order valence-electron chi connectivity index (χ3n) is 4.41. The molecule has 1 aliphatic rings. The van der Waals surface area contributed by atoms with Gasteiger partial charge >= 0.3 is 12.1 Å². The Morgan fingerprint density at radius 2 is 2.08 bits per heavy atom. The van der Waals surface area contributed by atoms with Crippen LogP contribution < -0.4 is 4.74 Å². The van der Waals surface area contributed by atoms with Gasteiger partial charge in [-0.3, -0.25) is 4.79 Å². The van der Waals surface area contributed by atoms with Gasteiger partial charge in [-0.1, -0.05) is 56.3 Å². The second kappa shape index (κ2) is 7.74. The van der Waals surface area contributed by atoms with Crippen molar-refractivity contribution in [2.45, 2.75) is 26.6 Å². The Balaban J connectivity index is 1.97. The van der Waals surface area contributed by atoms with E-state index in [1.165, 1.54) is 0 Å². The van der Waals surface area contributed by atoms with Crippen molar-refractivity contribution in [3.8, 4) is 5.75 Å². The van der Waals surface area contributed by atoms with E-state index in [0.717, 1.165) is 11.6 Å². The molecular formula is C19H20ClF3O3. The Labute approximate surface area is 155 Å². The van der Waals surface area contributed by atoms with Crippen molar-refractivity contribution >= 4 is 17.6 Å². The number of halogens is 4. The fourth-order valence-corrected chi connectivity index (χ4v) is 2.95. The van der Waals surface area contributed by atoms with Crippen LogP contribution in [0.5, 0.6) is 5.75 Å². The SMILES string of the molecule is C=CCOc1cccc(COC(=O)[C@H]2[C@@H](/C=C(\Cl)C(F)(F)F)C2(C)C)c1. The second-order valence-electron chi connectivity index (χ2n) is 6.69. The summed E-state index contributed by atoms with van der Waals surface area (Å²) in [5, 5.41) is -1.21. The molecule has 0 heterocycles. The summed E-state index contributed by atoms with van der Waals surface area (Å²) in [6, 6.07) is 7.02. The number of esters is 1. The zero-order valence-electron chi connectivity index (χ0n) is 14.5. The van der Waals surface area contributed by atoms with Crippen LogP contribution in [0.25, 0.3) is 0 Å². The number of ether oxygens (including phenoxy) is 2. The van der Waals surface area contributed by atoms with Crippen molar-refractivity contribution < 1.29 is 27.4 Å². The van der Waals surface area contributed by atoms with Crippen molar-refractivity contribution in [3.63, 3.8) is 0 Å². The van der Waals surface area contributed by atoms with E-state index in [9.17, 15) is 18.0 Å². The summed E-state index contributed by atoms with van der Waals surface area (Å²) in [6.45, 7) is 7.36. The van der Waals surface area contributed by atoms with Crippen molar-refractivity contribution in [1.82, 2.24) is 0 Å². The summed E-state index contributed by atoms with van der Waals surface area (Å²) >= 11 is 5.28. The van der Waals surface area contributed by atoms with Gasteiger partial charge in [-0.2, -0.15) is 13.2 Å². The van der Waals surface area contributed by atoms with E-state index >= 15 is 0 Å². The molecule has 1 saturated carbocycles. The Hall–Kier alpha value is -1.95. The molecule has 0 aliphatic heterocycles. The van der Waals surface area contributed by atoms with Crippen LogP contribution in [0.15, 0.2) is 48.0 Å². The summed E-state index contributed by atoms with van der Waals surface area (Å²) in [7, 11) is 0. The number of hydrogen-bond donors (Lipinski definition) is 0. The molecular weight excluding hydrogens is 369 g/mol. The first-order valence-electron chi connectivity index (χ1n) is 8.01. The van der Waals surface area contributed by atoms with Crippen molar-refractivity contribution in [2.24, 2.45) is 17.3 Å². The van der Waals surface area contributed by atoms with Gasteiger partial charge in [0, 0.05) is 0 Å². The predicted octanol–water partition coefficient (Wildman–Crippen LogP) is 5.25. The summed E-state index contributed by atoms with van der Waals surface area (Å²) in [5.41, 5.74) is 0.0935. The first-order valence-corrected chi connectivity index (χ1v) is 8.39. The quantitative estimate of drug-likeness (QED) is 0.472. The van der Waals surface area contributed by atoms with Gasteiger partial charge in [-0.25, -0.2) is 0 Å². The van der Waals surface area contributed by atoms with Gasteiger partial charge in [0.05, 0.1) is 5.92 Å². The number of rotatable bonds is 7. The molecule has 0 aromatic heterocycles. The Kier molecular flexibility index (Phi) is 6.06. The molecule has 0 saturated heterocycles. The molecule has 1 aliphatic carbocycles. The number of alkyl halides is 3. The van der Waals surface area contributed by atoms with E-state index in [4.69, 9.17) is 21.1 Å². The molecule has 0 amide bonds. The molecule has 0 bridgehead atoms. The average molecular weight is 389 g/mol. The predicted molar refractivity (Wildman–Crippen MR) is 92.7 cm³/mol. The third-order valence-corrected chi connectivity index (χ3v) is 4.75. The topological polar surface area (TPSA) is 35.5 Å². The lowest BCUT2D eigenvalue weighted by Crippen LogP contribution is -2.11. The minimum atomic E-state index is -4.61. The Bertz CT molecular complexity index is 710. The fraction of sp³-hybridized carbons (Fsp3) is 0.421. The van der Waals surface area contributed by atoms with Gasteiger partial charge in [-0.15, -0.1) is 0 Å². The molecule has 2 atom stereocenters. The first kappa shape index (κ1) is 20.4. The molecule has 1 aromatic carbocycles. The molecule has 3 nitrogen and oxygen atoms in total. The molecule has 2 rings (SSSR count). The molecule has 0 unspecified atom stereocenters. The Morgan fingerprint density at radius 3 is 2.69 bits per heavy atom. The van der Waals surface area contributed by atoms with Crippen molar-refractivity contribution in [2.75, 3.05) is 6.61 Å². The summed E-state index contributed by atoms with van der Waals surface area (Å²) < 4.78 is 48.4. The van der Waals surface area contributed by atoms with Gasteiger partial charge in [0.25, 0.3) is 0 Å². The van der Waals surface area contributed by atoms with Crippen LogP contribution in [0.3, 0.4) is 0 Å². The van der Waals surface area contributed by atoms with Crippen molar-refractivity contribution in [1.29, 1.82) is 0 Å². The molecule has 26 heavy (non-hydrogen) atoms. The second-order valence-corrected chi connectivity index (χ2v) is 7.10. The van der Waals surface area contributed by atoms with Crippen LogP contribution in [-0.2, 0) is 16.1 Å². The van der Waals surface area contributed by atoms with Crippen LogP contribution in [0.2, 0.25) is 0 Å². The maximum absolute atomic E-state index is 12.6. The molecule has 0 spiro atoms. The van der Waals surface area contributed by atoms with Crippen LogP contribution in [0.4, 0.5) is 13.2 Å². The molecule has 0 N–H and O–H groups in total. The summed E-state index contributed by atoms with van der Waals surface area (Å²) in [6.07, 6.45) is -2.10. The molecule has 142 valence electrons. The monoisotopic (exact) mass is 388 g/mol. The highest BCUT2D eigenvalue weighted by Crippen LogP contribution is 2.60. The van der Waals surface area contributed by atoms with Gasteiger partial charge in [0.15, 0.2) is 0 Å². The lowest BCUT2D eigenvalue weighted by molar-refractivity contribution is -0.147. The van der Waals surface area contributed by atoms with Gasteiger partial charge in [0.1, 0.15) is 24.0 Å². The smallest absolute Gasteiger partial charge is 0.426 e. The number of allylic oxidation sites excluding steroid dienone is 2. The van der Waals surface area contributed by atoms with Gasteiger partial charge in [-0.05, 0) is 29.0 Å². The van der Waals surface area contributed by atoms with E-state index < -0.39 is 34.4 Å². The summed E-state index contributed by atoms with van der Waals surface area (Å²) in [4.78, 5) is 12.3. The van der Waals surface area contributed by atoms with Crippen LogP contribution in [0.1, 0.15) is 19.4 Å². The fourth-order valence-electron chi connectivity index (χ4n) is 2.82. The van der Waals surface area contributed by atoms with Gasteiger partial charge < -0.3 is 9.47 Å². The highest BCUT2D eigenvalue weighted by molar-refractivity contribution is 6.30. The minimum absolute atomic E-state index is 0.0140. The molecule has 7 heteroatoms. The van der Waals surface area contributed by atoms with Crippen LogP contribution in [0, 0.1) is 17.3 Å². The van der Waals surface area contributed by atoms with E-state index in [0.29, 0.717) is 12.4 Å². The van der Waals surface area contributed by atoms with Crippen molar-refractivity contribution in [3.05, 3.63) is 53.6 Å². The Morgan fingerprint density at radius 1 is 1.38 bits per heavy atom. The standard InChI is InChI=1S/C19H20ClF3O3/c1-4-8-25-13-7-5-6-12(9-13)11-26-17(24)16-14(18(16,2)3)10-15(20)19(21,22)23/h4-7,9-10,14,16H,1,8,11H2,2-3H3/b15-10-/t14-,16-/m1/s1. The normalized spacial score (nSPS) is 21.8. The van der Waals surface area contributed by atoms with E-state index in [2.05, 4.69) is 6.58 Å². The maximum Gasteiger partial charge on any atom is 0.426 e. The highest BCUT2D eigenvalue weighted by atomic mass is 35.5. The zero-order chi connectivity index (χ0) is 19.5. The lowest BCUT2D eigenvalue weighted by Gasteiger charge is -2.08. The minimum Gasteiger partial charge on any atom is -0.490 e. The number of carbonyl (C=O) groups excluding carboxylic acids is 1. The van der Waals surface area contributed by atoms with Gasteiger partial charge in [0.2, 0.25) is 0 Å². The van der Waals surface area contributed by atoms with Crippen LogP contribution >= 0.6 is 11.6 Å². The molecule has 1 fully saturated rings. The van der Waals surface area contributed by atoms with E-state index in [1.807, 2.05) is 0 Å². The highest BCUT2D eigenvalue weighted by Gasteiger charge is 2.62. The van der Waals surface area contributed by atoms with Crippen LogP contribution in [-0.4, -0.2) is 18.8 Å². The largest absolute Gasteiger partial charge is 0.490 e. The molecule has 1 aromatic rings. The number of hydrogen-bond acceptors (Lipinski definition) is 3. The van der Waals surface area contributed by atoms with E-state index in [1.54, 1.807) is 44.2 Å².